The summed E-state index contributed by atoms with van der Waals surface area (Å²) in [5.74, 6) is 0.524. The largest absolute Gasteiger partial charge is 0.376 e. The van der Waals surface area contributed by atoms with E-state index >= 15 is 0 Å². The minimum atomic E-state index is -0.129. The molecule has 0 bridgehead atoms. The fourth-order valence-electron chi connectivity index (χ4n) is 1.91. The van der Waals surface area contributed by atoms with E-state index in [1.807, 2.05) is 19.3 Å². The van der Waals surface area contributed by atoms with Gasteiger partial charge in [0.1, 0.15) is 5.69 Å². The highest BCUT2D eigenvalue weighted by Gasteiger charge is 2.17. The summed E-state index contributed by atoms with van der Waals surface area (Å²) in [5, 5.41) is 4.22. The Morgan fingerprint density at radius 3 is 3.18 bits per heavy atom. The molecule has 0 atom stereocenters. The Morgan fingerprint density at radius 2 is 2.41 bits per heavy atom. The lowest BCUT2D eigenvalue weighted by Gasteiger charge is -2.14. The summed E-state index contributed by atoms with van der Waals surface area (Å²) in [5.41, 5.74) is 2.01. The zero-order chi connectivity index (χ0) is 11.8. The molecule has 88 valence electrons. The summed E-state index contributed by atoms with van der Waals surface area (Å²) in [6.07, 6.45) is 2.50. The van der Waals surface area contributed by atoms with Crippen LogP contribution < -0.4 is 5.56 Å². The van der Waals surface area contributed by atoms with Gasteiger partial charge in [-0.05, 0) is 6.07 Å². The number of nitrogens with zero attached hydrogens (tertiary/aromatic N) is 3. The Kier molecular flexibility index (Phi) is 2.29. The van der Waals surface area contributed by atoms with E-state index in [-0.39, 0.29) is 5.56 Å². The molecule has 0 saturated heterocycles. The van der Waals surface area contributed by atoms with Crippen molar-refractivity contribution in [2.75, 3.05) is 6.61 Å². The molecule has 0 fully saturated rings. The van der Waals surface area contributed by atoms with Crippen molar-refractivity contribution < 1.29 is 4.74 Å². The van der Waals surface area contributed by atoms with Crippen LogP contribution in [-0.2, 0) is 24.8 Å². The maximum absolute atomic E-state index is 11.9. The molecule has 1 aliphatic rings. The van der Waals surface area contributed by atoms with Crippen molar-refractivity contribution in [2.45, 2.75) is 13.0 Å². The average molecular weight is 232 g/mol. The highest BCUT2D eigenvalue weighted by atomic mass is 16.5. The van der Waals surface area contributed by atoms with E-state index in [4.69, 9.17) is 4.74 Å². The van der Waals surface area contributed by atoms with Crippen LogP contribution in [0.15, 0.2) is 17.1 Å². The Bertz CT molecular complexity index is 614. The van der Waals surface area contributed by atoms with E-state index in [0.29, 0.717) is 36.7 Å². The van der Waals surface area contributed by atoms with Gasteiger partial charge in [-0.1, -0.05) is 0 Å². The number of ether oxygens (including phenoxy) is 1. The Morgan fingerprint density at radius 1 is 1.53 bits per heavy atom. The Labute approximate surface area is 97.3 Å². The van der Waals surface area contributed by atoms with Crippen molar-refractivity contribution >= 4 is 0 Å². The minimum Gasteiger partial charge on any atom is -0.376 e. The molecule has 1 N–H and O–H groups in total. The monoisotopic (exact) mass is 232 g/mol. The predicted molar refractivity (Wildman–Crippen MR) is 60.4 cm³/mol. The van der Waals surface area contributed by atoms with E-state index in [2.05, 4.69) is 15.1 Å². The van der Waals surface area contributed by atoms with Gasteiger partial charge >= 0.3 is 0 Å². The van der Waals surface area contributed by atoms with E-state index in [1.165, 1.54) is 0 Å². The molecule has 2 aromatic rings. The molecule has 6 heteroatoms. The molecule has 3 rings (SSSR count). The lowest BCUT2D eigenvalue weighted by Crippen LogP contribution is -2.24. The van der Waals surface area contributed by atoms with Crippen LogP contribution in [0.25, 0.3) is 11.5 Å². The van der Waals surface area contributed by atoms with Crippen molar-refractivity contribution in [2.24, 2.45) is 7.05 Å². The molecule has 0 radical (unpaired) electrons. The molecule has 1 aliphatic heterocycles. The number of rotatable bonds is 1. The zero-order valence-electron chi connectivity index (χ0n) is 9.43. The molecule has 0 amide bonds. The molecule has 0 spiro atoms. The van der Waals surface area contributed by atoms with E-state index < -0.39 is 0 Å². The second-order valence-electron chi connectivity index (χ2n) is 4.02. The fraction of sp³-hybridized carbons (Fsp3) is 0.364. The normalized spacial score (nSPS) is 14.6. The lowest BCUT2D eigenvalue weighted by molar-refractivity contribution is 0.108. The Hall–Kier alpha value is -1.95. The summed E-state index contributed by atoms with van der Waals surface area (Å²) in [7, 11) is 1.83. The molecule has 0 unspecified atom stereocenters. The third kappa shape index (κ3) is 1.76. The number of fused-ring (bicyclic) bond motifs is 1. The Balaban J connectivity index is 2.13. The van der Waals surface area contributed by atoms with E-state index in [1.54, 1.807) is 4.68 Å². The standard InChI is InChI=1S/C11H12N4O2/c1-15-4-2-9(14-15)10-12-8-3-5-17-6-7(8)11(16)13-10/h2,4H,3,5-6H2,1H3,(H,12,13,16). The highest BCUT2D eigenvalue weighted by molar-refractivity contribution is 5.48. The van der Waals surface area contributed by atoms with Gasteiger partial charge in [0, 0.05) is 19.7 Å². The van der Waals surface area contributed by atoms with Gasteiger partial charge in [-0.2, -0.15) is 5.10 Å². The lowest BCUT2D eigenvalue weighted by atomic mass is 10.1. The second-order valence-corrected chi connectivity index (χ2v) is 4.02. The molecular formula is C11H12N4O2. The van der Waals surface area contributed by atoms with Crippen molar-refractivity contribution in [3.8, 4) is 11.5 Å². The summed E-state index contributed by atoms with van der Waals surface area (Å²) in [4.78, 5) is 19.0. The predicted octanol–water partition coefficient (Wildman–Crippen LogP) is 0.243. The topological polar surface area (TPSA) is 72.8 Å². The first-order valence-electron chi connectivity index (χ1n) is 5.44. The average Bonchev–Trinajstić information content (AvgIpc) is 2.76. The van der Waals surface area contributed by atoms with Gasteiger partial charge in [0.2, 0.25) is 0 Å². The number of nitrogens with one attached hydrogen (secondary N) is 1. The van der Waals surface area contributed by atoms with Gasteiger partial charge in [-0.15, -0.1) is 0 Å². The molecule has 0 saturated carbocycles. The van der Waals surface area contributed by atoms with E-state index in [9.17, 15) is 4.79 Å². The minimum absolute atomic E-state index is 0.129. The number of aromatic amines is 1. The van der Waals surface area contributed by atoms with Gasteiger partial charge in [-0.25, -0.2) is 4.98 Å². The fourth-order valence-corrected chi connectivity index (χ4v) is 1.91. The van der Waals surface area contributed by atoms with Crippen molar-refractivity contribution in [3.05, 3.63) is 33.9 Å². The highest BCUT2D eigenvalue weighted by Crippen LogP contribution is 2.15. The molecule has 17 heavy (non-hydrogen) atoms. The van der Waals surface area contributed by atoms with E-state index in [0.717, 1.165) is 5.69 Å². The maximum Gasteiger partial charge on any atom is 0.257 e. The maximum atomic E-state index is 11.9. The molecule has 6 nitrogen and oxygen atoms in total. The quantitative estimate of drug-likeness (QED) is 0.764. The molecule has 0 aromatic carbocycles. The van der Waals surface area contributed by atoms with Crippen LogP contribution >= 0.6 is 0 Å². The van der Waals surface area contributed by atoms with Crippen LogP contribution in [0.5, 0.6) is 0 Å². The third-order valence-electron chi connectivity index (χ3n) is 2.79. The first-order chi connectivity index (χ1) is 8.24. The van der Waals surface area contributed by atoms with Crippen molar-refractivity contribution in [1.82, 2.24) is 19.7 Å². The first kappa shape index (κ1) is 10.2. The van der Waals surface area contributed by atoms with Gasteiger partial charge < -0.3 is 9.72 Å². The van der Waals surface area contributed by atoms with Crippen LogP contribution in [0.2, 0.25) is 0 Å². The van der Waals surface area contributed by atoms with Crippen LogP contribution in [0.1, 0.15) is 11.3 Å². The molecule has 3 heterocycles. The second kappa shape index (κ2) is 3.81. The van der Waals surface area contributed by atoms with Crippen LogP contribution in [-0.4, -0.2) is 26.4 Å². The summed E-state index contributed by atoms with van der Waals surface area (Å²) in [6, 6.07) is 1.82. The van der Waals surface area contributed by atoms with Crippen LogP contribution in [0.3, 0.4) is 0 Å². The number of hydrogen-bond donors (Lipinski definition) is 1. The van der Waals surface area contributed by atoms with Gasteiger partial charge in [0.15, 0.2) is 5.82 Å². The summed E-state index contributed by atoms with van der Waals surface area (Å²) >= 11 is 0. The smallest absolute Gasteiger partial charge is 0.257 e. The van der Waals surface area contributed by atoms with Crippen molar-refractivity contribution in [3.63, 3.8) is 0 Å². The molecule has 2 aromatic heterocycles. The van der Waals surface area contributed by atoms with Crippen molar-refractivity contribution in [1.29, 1.82) is 0 Å². The zero-order valence-corrected chi connectivity index (χ0v) is 9.43. The number of H-pyrrole nitrogens is 1. The molecule has 0 aliphatic carbocycles. The summed E-state index contributed by atoms with van der Waals surface area (Å²) in [6.45, 7) is 0.964. The third-order valence-corrected chi connectivity index (χ3v) is 2.79. The number of hydrogen-bond acceptors (Lipinski definition) is 4. The number of aryl methyl sites for hydroxylation is 1. The van der Waals surface area contributed by atoms with Gasteiger partial charge in [0.25, 0.3) is 5.56 Å². The SMILES string of the molecule is Cn1ccc(-c2nc3c(c(=O)[nH]2)COCC3)n1. The first-order valence-corrected chi connectivity index (χ1v) is 5.44. The number of aromatic nitrogens is 4. The van der Waals surface area contributed by atoms with Gasteiger partial charge in [-0.3, -0.25) is 9.48 Å². The van der Waals surface area contributed by atoms with Gasteiger partial charge in [0.05, 0.1) is 24.5 Å². The van der Waals surface area contributed by atoms with Crippen LogP contribution in [0, 0.1) is 0 Å². The summed E-state index contributed by atoms with van der Waals surface area (Å²) < 4.78 is 6.93. The van der Waals surface area contributed by atoms with Crippen LogP contribution in [0.4, 0.5) is 0 Å². The molecular weight excluding hydrogens is 220 g/mol.